The molecular formula is C31H46. The smallest absolute Gasteiger partial charge is 0.0215 e. The summed E-state index contributed by atoms with van der Waals surface area (Å²) < 4.78 is 0. The van der Waals surface area contributed by atoms with Crippen LogP contribution < -0.4 is 0 Å². The van der Waals surface area contributed by atoms with Gasteiger partial charge < -0.3 is 0 Å². The van der Waals surface area contributed by atoms with Gasteiger partial charge in [0.05, 0.1) is 0 Å². The fraction of sp³-hybridized carbons (Fsp3) is 0.613. The van der Waals surface area contributed by atoms with E-state index in [4.69, 9.17) is 0 Å². The molecule has 0 nitrogen and oxygen atoms in total. The van der Waals surface area contributed by atoms with Gasteiger partial charge in [-0.05, 0) is 42.0 Å². The van der Waals surface area contributed by atoms with Gasteiger partial charge >= 0.3 is 0 Å². The van der Waals surface area contributed by atoms with Crippen molar-refractivity contribution < 1.29 is 0 Å². The monoisotopic (exact) mass is 418 g/mol. The van der Waals surface area contributed by atoms with Crippen LogP contribution >= 0.6 is 0 Å². The quantitative estimate of drug-likeness (QED) is 0.252. The van der Waals surface area contributed by atoms with Crippen molar-refractivity contribution in [3.63, 3.8) is 0 Å². The first kappa shape index (κ1) is 24.1. The molecule has 1 aliphatic rings. The van der Waals surface area contributed by atoms with E-state index in [1.165, 1.54) is 113 Å². The summed E-state index contributed by atoms with van der Waals surface area (Å²) in [5.41, 5.74) is 7.90. The van der Waals surface area contributed by atoms with Crippen molar-refractivity contribution >= 4 is 0 Å². The maximum atomic E-state index is 2.48. The molecule has 0 aliphatic heterocycles. The molecule has 31 heavy (non-hydrogen) atoms. The van der Waals surface area contributed by atoms with Gasteiger partial charge in [0.15, 0.2) is 0 Å². The number of benzene rings is 2. The molecule has 0 bridgehead atoms. The van der Waals surface area contributed by atoms with Gasteiger partial charge in [0.25, 0.3) is 0 Å². The molecule has 2 aromatic carbocycles. The van der Waals surface area contributed by atoms with Gasteiger partial charge in [0.1, 0.15) is 0 Å². The number of hydrogen-bond donors (Lipinski definition) is 0. The minimum absolute atomic E-state index is 0.244. The zero-order valence-corrected chi connectivity index (χ0v) is 20.6. The average molecular weight is 419 g/mol. The molecule has 1 unspecified atom stereocenters. The molecule has 0 spiro atoms. The van der Waals surface area contributed by atoms with E-state index < -0.39 is 0 Å². The van der Waals surface area contributed by atoms with Crippen molar-refractivity contribution in [3.8, 4) is 11.1 Å². The van der Waals surface area contributed by atoms with Crippen molar-refractivity contribution in [3.05, 3.63) is 59.2 Å². The molecule has 0 saturated heterocycles. The third-order valence-corrected chi connectivity index (χ3v) is 7.59. The van der Waals surface area contributed by atoms with Crippen LogP contribution in [0.15, 0.2) is 42.5 Å². The lowest BCUT2D eigenvalue weighted by Crippen LogP contribution is -2.25. The van der Waals surface area contributed by atoms with Crippen LogP contribution in [0.2, 0.25) is 0 Å². The van der Waals surface area contributed by atoms with Gasteiger partial charge in [-0.3, -0.25) is 0 Å². The van der Waals surface area contributed by atoms with E-state index in [1.807, 2.05) is 0 Å². The van der Waals surface area contributed by atoms with E-state index in [0.717, 1.165) is 0 Å². The van der Waals surface area contributed by atoms with Gasteiger partial charge in [-0.25, -0.2) is 0 Å². The molecule has 0 N–H and O–H groups in total. The SMILES string of the molecule is CCCCCCCCCC1(CCCCCCCC)c2ccccc2-c2cc(C)ccc21. The molecular weight excluding hydrogens is 372 g/mol. The lowest BCUT2D eigenvalue weighted by Gasteiger charge is -2.33. The highest BCUT2D eigenvalue weighted by atomic mass is 14.4. The Morgan fingerprint density at radius 3 is 1.68 bits per heavy atom. The van der Waals surface area contributed by atoms with Gasteiger partial charge in [-0.1, -0.05) is 145 Å². The molecule has 1 atom stereocenters. The van der Waals surface area contributed by atoms with E-state index in [9.17, 15) is 0 Å². The molecule has 1 aliphatic carbocycles. The zero-order chi connectivity index (χ0) is 21.9. The molecule has 3 rings (SSSR count). The molecule has 0 fully saturated rings. The largest absolute Gasteiger partial charge is 0.0654 e. The van der Waals surface area contributed by atoms with Gasteiger partial charge in [-0.15, -0.1) is 0 Å². The third kappa shape index (κ3) is 6.03. The van der Waals surface area contributed by atoms with E-state index in [2.05, 4.69) is 63.2 Å². The van der Waals surface area contributed by atoms with E-state index in [0.29, 0.717) is 0 Å². The lowest BCUT2D eigenvalue weighted by atomic mass is 9.70. The fourth-order valence-corrected chi connectivity index (χ4v) is 5.83. The van der Waals surface area contributed by atoms with Crippen LogP contribution in [0.4, 0.5) is 0 Å². The first-order valence-electron chi connectivity index (χ1n) is 13.4. The van der Waals surface area contributed by atoms with Gasteiger partial charge in [0, 0.05) is 5.41 Å². The molecule has 0 heterocycles. The fourth-order valence-electron chi connectivity index (χ4n) is 5.83. The van der Waals surface area contributed by atoms with Crippen LogP contribution in [0.1, 0.15) is 127 Å². The van der Waals surface area contributed by atoms with Crippen LogP contribution in [0.5, 0.6) is 0 Å². The molecule has 2 aromatic rings. The summed E-state index contributed by atoms with van der Waals surface area (Å²) in [6, 6.07) is 16.6. The molecule has 0 aromatic heterocycles. The van der Waals surface area contributed by atoms with E-state index in [1.54, 1.807) is 11.1 Å². The van der Waals surface area contributed by atoms with Gasteiger partial charge in [-0.2, -0.15) is 0 Å². The first-order valence-corrected chi connectivity index (χ1v) is 13.4. The highest BCUT2D eigenvalue weighted by molar-refractivity contribution is 5.81. The Morgan fingerprint density at radius 1 is 0.548 bits per heavy atom. The second kappa shape index (κ2) is 12.5. The summed E-state index contributed by atoms with van der Waals surface area (Å²) in [6.45, 7) is 6.86. The van der Waals surface area contributed by atoms with Crippen molar-refractivity contribution in [2.24, 2.45) is 0 Å². The molecule has 0 radical (unpaired) electrons. The summed E-state index contributed by atoms with van der Waals surface area (Å²) in [5.74, 6) is 0. The van der Waals surface area contributed by atoms with Crippen molar-refractivity contribution in [2.45, 2.75) is 122 Å². The second-order valence-electron chi connectivity index (χ2n) is 10.1. The van der Waals surface area contributed by atoms with Gasteiger partial charge in [0.2, 0.25) is 0 Å². The summed E-state index contributed by atoms with van der Waals surface area (Å²) in [6.07, 6.45) is 20.7. The maximum absolute atomic E-state index is 2.48. The lowest BCUT2D eigenvalue weighted by molar-refractivity contribution is 0.397. The number of fused-ring (bicyclic) bond motifs is 3. The number of unbranched alkanes of at least 4 members (excludes halogenated alkanes) is 11. The zero-order valence-electron chi connectivity index (χ0n) is 20.6. The summed E-state index contributed by atoms with van der Waals surface area (Å²) in [4.78, 5) is 0. The Morgan fingerprint density at radius 2 is 1.06 bits per heavy atom. The Labute approximate surface area is 192 Å². The van der Waals surface area contributed by atoms with Crippen LogP contribution in [-0.2, 0) is 5.41 Å². The number of rotatable bonds is 15. The molecule has 170 valence electrons. The normalized spacial score (nSPS) is 17.0. The standard InChI is InChI=1S/C31H46/c1-4-6-8-10-12-14-18-24-31(23-17-13-11-9-7-5-2)29-20-16-15-19-27(29)28-25-26(3)21-22-30(28)31/h15-16,19-22,25H,4-14,17-18,23-24H2,1-3H3. The van der Waals surface area contributed by atoms with Crippen LogP contribution in [0.25, 0.3) is 11.1 Å². The predicted octanol–water partition coefficient (Wildman–Crippen LogP) is 10.2. The molecule has 0 heteroatoms. The Balaban J connectivity index is 1.75. The second-order valence-corrected chi connectivity index (χ2v) is 10.1. The van der Waals surface area contributed by atoms with Crippen molar-refractivity contribution in [1.29, 1.82) is 0 Å². The van der Waals surface area contributed by atoms with Crippen LogP contribution in [0.3, 0.4) is 0 Å². The van der Waals surface area contributed by atoms with Crippen LogP contribution in [0, 0.1) is 6.92 Å². The Hall–Kier alpha value is -1.56. The summed E-state index contributed by atoms with van der Waals surface area (Å²) in [7, 11) is 0. The topological polar surface area (TPSA) is 0 Å². The average Bonchev–Trinajstić information content (AvgIpc) is 3.05. The van der Waals surface area contributed by atoms with E-state index in [-0.39, 0.29) is 5.41 Å². The molecule has 0 amide bonds. The van der Waals surface area contributed by atoms with Crippen molar-refractivity contribution in [1.82, 2.24) is 0 Å². The van der Waals surface area contributed by atoms with Crippen molar-refractivity contribution in [2.75, 3.05) is 0 Å². The highest BCUT2D eigenvalue weighted by Gasteiger charge is 2.41. The maximum Gasteiger partial charge on any atom is 0.0215 e. The number of aryl methyl sites for hydroxylation is 1. The first-order chi connectivity index (χ1) is 15.2. The van der Waals surface area contributed by atoms with E-state index >= 15 is 0 Å². The predicted molar refractivity (Wildman–Crippen MR) is 138 cm³/mol. The summed E-state index contributed by atoms with van der Waals surface area (Å²) in [5, 5.41) is 0. The van der Waals surface area contributed by atoms with Crippen LogP contribution in [-0.4, -0.2) is 0 Å². The highest BCUT2D eigenvalue weighted by Crippen LogP contribution is 2.54. The minimum Gasteiger partial charge on any atom is -0.0654 e. The Bertz CT molecular complexity index is 786. The Kier molecular flexibility index (Phi) is 9.69. The summed E-state index contributed by atoms with van der Waals surface area (Å²) >= 11 is 0. The third-order valence-electron chi connectivity index (χ3n) is 7.59. The minimum atomic E-state index is 0.244. The molecule has 0 saturated carbocycles. The number of hydrogen-bond acceptors (Lipinski definition) is 0.